The van der Waals surface area contributed by atoms with Crippen molar-refractivity contribution in [1.29, 1.82) is 0 Å². The lowest BCUT2D eigenvalue weighted by Gasteiger charge is -2.32. The summed E-state index contributed by atoms with van der Waals surface area (Å²) in [5.74, 6) is 0.165. The maximum absolute atomic E-state index is 11.2. The van der Waals surface area contributed by atoms with E-state index in [9.17, 15) is 9.90 Å². The van der Waals surface area contributed by atoms with Gasteiger partial charge in [0.2, 0.25) is 0 Å². The number of hydrogen-bond donors (Lipinski definition) is 2. The second-order valence-electron chi connectivity index (χ2n) is 4.52. The fraction of sp³-hybridized carbons (Fsp3) is 0.417. The monoisotopic (exact) mass is 294 g/mol. The summed E-state index contributed by atoms with van der Waals surface area (Å²) < 4.78 is 5.21. The SMILES string of the molecule is O=C(O)C1CNCCN1Cc1noc(-c2cccs2)n1. The molecule has 0 aliphatic carbocycles. The topological polar surface area (TPSA) is 91.5 Å². The zero-order valence-electron chi connectivity index (χ0n) is 10.7. The first kappa shape index (κ1) is 13.2. The maximum atomic E-state index is 11.2. The van der Waals surface area contributed by atoms with E-state index in [1.807, 2.05) is 22.4 Å². The van der Waals surface area contributed by atoms with Crippen LogP contribution < -0.4 is 5.32 Å². The molecular weight excluding hydrogens is 280 g/mol. The second kappa shape index (κ2) is 5.70. The van der Waals surface area contributed by atoms with Crippen molar-refractivity contribution in [3.8, 4) is 10.8 Å². The number of carbonyl (C=O) groups is 1. The third kappa shape index (κ3) is 2.72. The largest absolute Gasteiger partial charge is 0.480 e. The molecule has 2 N–H and O–H groups in total. The van der Waals surface area contributed by atoms with E-state index >= 15 is 0 Å². The fourth-order valence-electron chi connectivity index (χ4n) is 2.18. The molecule has 20 heavy (non-hydrogen) atoms. The molecule has 0 saturated carbocycles. The van der Waals surface area contributed by atoms with Crippen molar-refractivity contribution in [2.75, 3.05) is 19.6 Å². The molecule has 1 saturated heterocycles. The molecule has 2 aromatic heterocycles. The molecule has 106 valence electrons. The van der Waals surface area contributed by atoms with Crippen molar-refractivity contribution in [3.63, 3.8) is 0 Å². The number of nitrogens with one attached hydrogen (secondary N) is 1. The lowest BCUT2D eigenvalue weighted by Crippen LogP contribution is -2.54. The number of thiophene rings is 1. The Morgan fingerprint density at radius 2 is 2.55 bits per heavy atom. The molecule has 1 aliphatic heterocycles. The summed E-state index contributed by atoms with van der Waals surface area (Å²) in [6, 6.07) is 3.28. The van der Waals surface area contributed by atoms with Crippen LogP contribution in [0.3, 0.4) is 0 Å². The van der Waals surface area contributed by atoms with Gasteiger partial charge in [0.25, 0.3) is 5.89 Å². The first-order valence-electron chi connectivity index (χ1n) is 6.28. The Morgan fingerprint density at radius 3 is 3.30 bits per heavy atom. The number of rotatable bonds is 4. The van der Waals surface area contributed by atoms with E-state index in [1.54, 1.807) is 0 Å². The van der Waals surface area contributed by atoms with E-state index in [-0.39, 0.29) is 0 Å². The van der Waals surface area contributed by atoms with Crippen molar-refractivity contribution in [2.24, 2.45) is 0 Å². The molecular formula is C12H14N4O3S. The summed E-state index contributed by atoms with van der Waals surface area (Å²) in [4.78, 5) is 18.3. The summed E-state index contributed by atoms with van der Waals surface area (Å²) in [5, 5.41) is 18.1. The van der Waals surface area contributed by atoms with Crippen LogP contribution in [0.5, 0.6) is 0 Å². The van der Waals surface area contributed by atoms with Gasteiger partial charge in [-0.3, -0.25) is 9.69 Å². The summed E-state index contributed by atoms with van der Waals surface area (Å²) in [6.07, 6.45) is 0. The molecule has 0 radical (unpaired) electrons. The van der Waals surface area contributed by atoms with E-state index < -0.39 is 12.0 Å². The van der Waals surface area contributed by atoms with Gasteiger partial charge in [-0.2, -0.15) is 4.98 Å². The van der Waals surface area contributed by atoms with Crippen LogP contribution in [0.15, 0.2) is 22.0 Å². The third-order valence-corrected chi connectivity index (χ3v) is 4.04. The molecule has 8 heteroatoms. The Bertz CT molecular complexity index is 583. The van der Waals surface area contributed by atoms with E-state index in [2.05, 4.69) is 15.5 Å². The van der Waals surface area contributed by atoms with Crippen molar-refractivity contribution in [3.05, 3.63) is 23.3 Å². The zero-order chi connectivity index (χ0) is 13.9. The third-order valence-electron chi connectivity index (χ3n) is 3.18. The lowest BCUT2D eigenvalue weighted by molar-refractivity contribution is -0.144. The van der Waals surface area contributed by atoms with Crippen LogP contribution in [0, 0.1) is 0 Å². The van der Waals surface area contributed by atoms with Crippen LogP contribution in [0.1, 0.15) is 5.82 Å². The highest BCUT2D eigenvalue weighted by Crippen LogP contribution is 2.22. The van der Waals surface area contributed by atoms with E-state index in [1.165, 1.54) is 11.3 Å². The molecule has 1 atom stereocenters. The van der Waals surface area contributed by atoms with Gasteiger partial charge in [-0.05, 0) is 11.4 Å². The number of carboxylic acid groups (broad SMARTS) is 1. The summed E-state index contributed by atoms with van der Waals surface area (Å²) >= 11 is 1.53. The number of nitrogens with zero attached hydrogens (tertiary/aromatic N) is 3. The average Bonchev–Trinajstić information content (AvgIpc) is 3.09. The molecule has 0 aromatic carbocycles. The maximum Gasteiger partial charge on any atom is 0.322 e. The minimum absolute atomic E-state index is 0.382. The first-order chi connectivity index (χ1) is 9.74. The van der Waals surface area contributed by atoms with Gasteiger partial charge >= 0.3 is 5.97 Å². The number of carboxylic acids is 1. The van der Waals surface area contributed by atoms with Crippen LogP contribution >= 0.6 is 11.3 Å². The van der Waals surface area contributed by atoms with Crippen molar-refractivity contribution in [1.82, 2.24) is 20.4 Å². The molecule has 7 nitrogen and oxygen atoms in total. The zero-order valence-corrected chi connectivity index (χ0v) is 11.5. The number of hydrogen-bond acceptors (Lipinski definition) is 7. The van der Waals surface area contributed by atoms with E-state index in [4.69, 9.17) is 4.52 Å². The minimum Gasteiger partial charge on any atom is -0.480 e. The predicted molar refractivity (Wildman–Crippen MR) is 72.3 cm³/mol. The summed E-state index contributed by atoms with van der Waals surface area (Å²) in [6.45, 7) is 2.23. The molecule has 2 aromatic rings. The molecule has 0 amide bonds. The van der Waals surface area contributed by atoms with Gasteiger partial charge < -0.3 is 14.9 Å². The summed E-state index contributed by atoms with van der Waals surface area (Å²) in [5.41, 5.74) is 0. The number of aliphatic carboxylic acids is 1. The van der Waals surface area contributed by atoms with Crippen molar-refractivity contribution >= 4 is 17.3 Å². The Kier molecular flexibility index (Phi) is 3.77. The van der Waals surface area contributed by atoms with Crippen molar-refractivity contribution in [2.45, 2.75) is 12.6 Å². The summed E-state index contributed by atoms with van der Waals surface area (Å²) in [7, 11) is 0. The second-order valence-corrected chi connectivity index (χ2v) is 5.47. The van der Waals surface area contributed by atoms with Gasteiger partial charge in [-0.15, -0.1) is 11.3 Å². The highest BCUT2D eigenvalue weighted by molar-refractivity contribution is 7.13. The van der Waals surface area contributed by atoms with Gasteiger partial charge in [0.05, 0.1) is 11.4 Å². The highest BCUT2D eigenvalue weighted by atomic mass is 32.1. The van der Waals surface area contributed by atoms with Gasteiger partial charge in [-0.1, -0.05) is 11.2 Å². The van der Waals surface area contributed by atoms with E-state index in [0.29, 0.717) is 31.3 Å². The lowest BCUT2D eigenvalue weighted by atomic mass is 10.2. The molecule has 3 rings (SSSR count). The standard InChI is InChI=1S/C12H14N4O3S/c17-12(18)8-6-13-3-4-16(8)7-10-14-11(19-15-10)9-2-1-5-20-9/h1-2,5,8,13H,3-4,6-7H2,(H,17,18). The minimum atomic E-state index is -0.834. The Balaban J connectivity index is 1.72. The van der Waals surface area contributed by atoms with Crippen LogP contribution in [0.2, 0.25) is 0 Å². The molecule has 3 heterocycles. The average molecular weight is 294 g/mol. The molecule has 0 spiro atoms. The van der Waals surface area contributed by atoms with Crippen LogP contribution in [0.4, 0.5) is 0 Å². The Hall–Kier alpha value is -1.77. The highest BCUT2D eigenvalue weighted by Gasteiger charge is 2.29. The first-order valence-corrected chi connectivity index (χ1v) is 7.16. The molecule has 1 aliphatic rings. The fourth-order valence-corrected chi connectivity index (χ4v) is 2.82. The van der Waals surface area contributed by atoms with Crippen molar-refractivity contribution < 1.29 is 14.4 Å². The molecule has 0 bridgehead atoms. The van der Waals surface area contributed by atoms with Crippen LogP contribution in [0.25, 0.3) is 10.8 Å². The number of piperazine rings is 1. The van der Waals surface area contributed by atoms with Gasteiger partial charge in [0.15, 0.2) is 5.82 Å². The van der Waals surface area contributed by atoms with Crippen LogP contribution in [-0.2, 0) is 11.3 Å². The smallest absolute Gasteiger partial charge is 0.322 e. The predicted octanol–water partition coefficient (Wildman–Crippen LogP) is 0.657. The normalized spacial score (nSPS) is 20.1. The van der Waals surface area contributed by atoms with Crippen LogP contribution in [-0.4, -0.2) is 51.8 Å². The number of aromatic nitrogens is 2. The molecule has 1 unspecified atom stereocenters. The molecule has 1 fully saturated rings. The quantitative estimate of drug-likeness (QED) is 0.855. The Morgan fingerprint density at radius 1 is 1.65 bits per heavy atom. The van der Waals surface area contributed by atoms with Gasteiger partial charge in [0.1, 0.15) is 6.04 Å². The van der Waals surface area contributed by atoms with Gasteiger partial charge in [-0.25, -0.2) is 0 Å². The van der Waals surface area contributed by atoms with Gasteiger partial charge in [0, 0.05) is 19.6 Å². The van der Waals surface area contributed by atoms with E-state index in [0.717, 1.165) is 11.4 Å². The Labute approximate surface area is 119 Å².